The highest BCUT2D eigenvalue weighted by atomic mass is 16.3. The topological polar surface area (TPSA) is 28.4 Å². The molecular weight excluding hydrogens is 224 g/mol. The van der Waals surface area contributed by atoms with Crippen LogP contribution in [-0.2, 0) is 0 Å². The van der Waals surface area contributed by atoms with E-state index >= 15 is 0 Å². The molecule has 0 radical (unpaired) electrons. The highest BCUT2D eigenvalue weighted by molar-refractivity contribution is 5.49. The van der Waals surface area contributed by atoms with E-state index < -0.39 is 0 Å². The van der Waals surface area contributed by atoms with Crippen molar-refractivity contribution in [1.29, 1.82) is 0 Å². The average molecular weight is 242 g/mol. The van der Waals surface area contributed by atoms with E-state index in [0.29, 0.717) is 11.9 Å². The molecule has 1 aromatic carbocycles. The van der Waals surface area contributed by atoms with Crippen LogP contribution in [0, 0.1) is 0 Å². The lowest BCUT2D eigenvalue weighted by molar-refractivity contribution is 0.376. The minimum Gasteiger partial charge on any atom is -0.508 e. The first kappa shape index (κ1) is 11.2. The summed E-state index contributed by atoms with van der Waals surface area (Å²) in [5.74, 6) is 0.327. The van der Waals surface area contributed by atoms with Crippen molar-refractivity contribution in [3.05, 3.63) is 48.8 Å². The maximum atomic E-state index is 9.38. The van der Waals surface area contributed by atoms with Crippen LogP contribution in [0.25, 0.3) is 0 Å². The Bertz CT molecular complexity index is 490. The first-order valence-electron chi connectivity index (χ1n) is 6.53. The number of phenols is 1. The number of aromatic hydroxyl groups is 1. The first-order valence-corrected chi connectivity index (χ1v) is 6.53. The van der Waals surface area contributed by atoms with E-state index in [0.717, 1.165) is 6.54 Å². The fourth-order valence-electron chi connectivity index (χ4n) is 2.72. The Morgan fingerprint density at radius 3 is 2.44 bits per heavy atom. The molecule has 3 heteroatoms. The SMILES string of the molecule is Oc1ccc(N2CCCCC2n2cccc2)cc1. The molecule has 1 atom stereocenters. The van der Waals surface area contributed by atoms with Crippen molar-refractivity contribution < 1.29 is 5.11 Å². The molecule has 0 bridgehead atoms. The number of rotatable bonds is 2. The molecule has 18 heavy (non-hydrogen) atoms. The fraction of sp³-hybridized carbons (Fsp3) is 0.333. The van der Waals surface area contributed by atoms with Crippen LogP contribution in [0.2, 0.25) is 0 Å². The quantitative estimate of drug-likeness (QED) is 0.874. The van der Waals surface area contributed by atoms with Gasteiger partial charge in [-0.2, -0.15) is 0 Å². The Balaban J connectivity index is 1.90. The Labute approximate surface area is 107 Å². The maximum Gasteiger partial charge on any atom is 0.115 e. The Kier molecular flexibility index (Phi) is 2.97. The summed E-state index contributed by atoms with van der Waals surface area (Å²) in [4.78, 5) is 2.42. The van der Waals surface area contributed by atoms with Gasteiger partial charge in [0.05, 0.1) is 0 Å². The molecule has 0 aliphatic carbocycles. The summed E-state index contributed by atoms with van der Waals surface area (Å²) in [6.07, 6.45) is 8.34. The molecule has 0 spiro atoms. The lowest BCUT2D eigenvalue weighted by Crippen LogP contribution is -2.36. The summed E-state index contributed by atoms with van der Waals surface area (Å²) >= 11 is 0. The number of benzene rings is 1. The summed E-state index contributed by atoms with van der Waals surface area (Å²) in [6.45, 7) is 1.08. The molecule has 1 saturated heterocycles. The van der Waals surface area contributed by atoms with Gasteiger partial charge in [-0.05, 0) is 55.7 Å². The van der Waals surface area contributed by atoms with E-state index in [-0.39, 0.29) is 0 Å². The van der Waals surface area contributed by atoms with E-state index in [1.165, 1.54) is 24.9 Å². The Hall–Kier alpha value is -1.90. The van der Waals surface area contributed by atoms with E-state index in [1.54, 1.807) is 12.1 Å². The second-order valence-corrected chi connectivity index (χ2v) is 4.82. The predicted octanol–water partition coefficient (Wildman–Crippen LogP) is 3.38. The third-order valence-electron chi connectivity index (χ3n) is 3.62. The molecule has 3 rings (SSSR count). The van der Waals surface area contributed by atoms with Gasteiger partial charge in [0, 0.05) is 24.6 Å². The van der Waals surface area contributed by atoms with Crippen molar-refractivity contribution in [3.8, 4) is 5.75 Å². The van der Waals surface area contributed by atoms with Crippen molar-refractivity contribution in [2.45, 2.75) is 25.4 Å². The summed E-state index contributed by atoms with van der Waals surface area (Å²) < 4.78 is 2.27. The number of nitrogens with zero attached hydrogens (tertiary/aromatic N) is 2. The van der Waals surface area contributed by atoms with Crippen LogP contribution in [0.1, 0.15) is 25.4 Å². The minimum atomic E-state index is 0.327. The first-order chi connectivity index (χ1) is 8.84. The molecule has 94 valence electrons. The van der Waals surface area contributed by atoms with Gasteiger partial charge in [-0.3, -0.25) is 0 Å². The fourth-order valence-corrected chi connectivity index (χ4v) is 2.72. The van der Waals surface area contributed by atoms with E-state index in [1.807, 2.05) is 12.1 Å². The van der Waals surface area contributed by atoms with Crippen LogP contribution < -0.4 is 4.90 Å². The number of hydrogen-bond donors (Lipinski definition) is 1. The van der Waals surface area contributed by atoms with Crippen molar-refractivity contribution >= 4 is 5.69 Å². The number of hydrogen-bond acceptors (Lipinski definition) is 2. The zero-order valence-corrected chi connectivity index (χ0v) is 10.4. The molecule has 1 fully saturated rings. The molecular formula is C15H18N2O. The summed E-state index contributed by atoms with van der Waals surface area (Å²) in [7, 11) is 0. The zero-order valence-electron chi connectivity index (χ0n) is 10.4. The molecule has 2 aromatic rings. The van der Waals surface area contributed by atoms with Crippen LogP contribution in [0.5, 0.6) is 5.75 Å². The van der Waals surface area contributed by atoms with Gasteiger partial charge in [0.25, 0.3) is 0 Å². The van der Waals surface area contributed by atoms with Crippen LogP contribution in [-0.4, -0.2) is 16.2 Å². The van der Waals surface area contributed by atoms with Crippen LogP contribution in [0.4, 0.5) is 5.69 Å². The number of aromatic nitrogens is 1. The Morgan fingerprint density at radius 1 is 1.00 bits per heavy atom. The van der Waals surface area contributed by atoms with E-state index in [9.17, 15) is 5.11 Å². The van der Waals surface area contributed by atoms with Gasteiger partial charge in [0.15, 0.2) is 0 Å². The smallest absolute Gasteiger partial charge is 0.115 e. The lowest BCUT2D eigenvalue weighted by atomic mass is 10.1. The molecule has 1 unspecified atom stereocenters. The molecule has 1 N–H and O–H groups in total. The molecule has 0 amide bonds. The van der Waals surface area contributed by atoms with Crippen molar-refractivity contribution in [2.75, 3.05) is 11.4 Å². The zero-order chi connectivity index (χ0) is 12.4. The molecule has 2 heterocycles. The number of anilines is 1. The molecule has 1 aliphatic heterocycles. The lowest BCUT2D eigenvalue weighted by Gasteiger charge is -2.38. The maximum absolute atomic E-state index is 9.38. The molecule has 1 aliphatic rings. The number of phenolic OH excluding ortho intramolecular Hbond substituents is 1. The van der Waals surface area contributed by atoms with Gasteiger partial charge in [-0.25, -0.2) is 0 Å². The van der Waals surface area contributed by atoms with Gasteiger partial charge in [-0.1, -0.05) is 0 Å². The van der Waals surface area contributed by atoms with Gasteiger partial charge in [0.2, 0.25) is 0 Å². The Morgan fingerprint density at radius 2 is 1.72 bits per heavy atom. The highest BCUT2D eigenvalue weighted by Crippen LogP contribution is 2.32. The number of piperidine rings is 1. The van der Waals surface area contributed by atoms with Gasteiger partial charge in [-0.15, -0.1) is 0 Å². The van der Waals surface area contributed by atoms with Gasteiger partial charge >= 0.3 is 0 Å². The monoisotopic (exact) mass is 242 g/mol. The van der Waals surface area contributed by atoms with Crippen LogP contribution in [0.3, 0.4) is 0 Å². The minimum absolute atomic E-state index is 0.327. The van der Waals surface area contributed by atoms with Crippen LogP contribution in [0.15, 0.2) is 48.8 Å². The van der Waals surface area contributed by atoms with E-state index in [4.69, 9.17) is 0 Å². The summed E-state index contributed by atoms with van der Waals surface area (Å²) in [5, 5.41) is 9.38. The summed E-state index contributed by atoms with van der Waals surface area (Å²) in [5.41, 5.74) is 1.19. The van der Waals surface area contributed by atoms with Crippen molar-refractivity contribution in [3.63, 3.8) is 0 Å². The highest BCUT2D eigenvalue weighted by Gasteiger charge is 2.23. The van der Waals surface area contributed by atoms with Crippen molar-refractivity contribution in [1.82, 2.24) is 4.57 Å². The predicted molar refractivity (Wildman–Crippen MR) is 72.8 cm³/mol. The van der Waals surface area contributed by atoms with Crippen molar-refractivity contribution in [2.24, 2.45) is 0 Å². The normalized spacial score (nSPS) is 20.0. The molecule has 3 nitrogen and oxygen atoms in total. The van der Waals surface area contributed by atoms with Gasteiger partial charge in [0.1, 0.15) is 11.9 Å². The van der Waals surface area contributed by atoms with Crippen LogP contribution >= 0.6 is 0 Å². The third kappa shape index (κ3) is 2.08. The third-order valence-corrected chi connectivity index (χ3v) is 3.62. The molecule has 1 aromatic heterocycles. The second kappa shape index (κ2) is 4.77. The average Bonchev–Trinajstić information content (AvgIpc) is 2.93. The second-order valence-electron chi connectivity index (χ2n) is 4.82. The molecule has 0 saturated carbocycles. The summed E-state index contributed by atoms with van der Waals surface area (Å²) in [6, 6.07) is 11.7. The van der Waals surface area contributed by atoms with E-state index in [2.05, 4.69) is 34.0 Å². The standard InChI is InChI=1S/C15H18N2O/c18-14-8-6-13(7-9-14)17-12-2-1-5-15(17)16-10-3-4-11-16/h3-4,6-11,15,18H,1-2,5,12H2. The largest absolute Gasteiger partial charge is 0.508 e. The van der Waals surface area contributed by atoms with Gasteiger partial charge < -0.3 is 14.6 Å².